The summed E-state index contributed by atoms with van der Waals surface area (Å²) in [6, 6.07) is 3.55. The summed E-state index contributed by atoms with van der Waals surface area (Å²) in [7, 11) is 0. The van der Waals surface area contributed by atoms with Crippen LogP contribution in [-0.4, -0.2) is 26.4 Å². The van der Waals surface area contributed by atoms with Gasteiger partial charge in [0, 0.05) is 5.56 Å². The Morgan fingerprint density at radius 3 is 2.75 bits per heavy atom. The number of benzene rings is 1. The average Bonchev–Trinajstić information content (AvgIpc) is 2.75. The predicted octanol–water partition coefficient (Wildman–Crippen LogP) is 3.86. The molecule has 0 unspecified atom stereocenters. The Morgan fingerprint density at radius 1 is 1.45 bits per heavy atom. The fraction of sp³-hybridized carbons (Fsp3) is 0.357. The van der Waals surface area contributed by atoms with Gasteiger partial charge in [-0.05, 0) is 52.0 Å². The van der Waals surface area contributed by atoms with Gasteiger partial charge in [0.05, 0.1) is 21.9 Å². The Labute approximate surface area is 122 Å². The van der Waals surface area contributed by atoms with Crippen molar-refractivity contribution in [3.05, 3.63) is 24.0 Å². The van der Waals surface area contributed by atoms with E-state index in [9.17, 15) is 4.79 Å². The largest absolute Gasteiger partial charge is 0.443 e. The molecule has 0 bridgehead atoms. The van der Waals surface area contributed by atoms with E-state index in [0.29, 0.717) is 16.7 Å². The molecule has 0 aliphatic carbocycles. The number of fused-ring (bicyclic) bond motifs is 1. The molecule has 20 heavy (non-hydrogen) atoms. The summed E-state index contributed by atoms with van der Waals surface area (Å²) >= 11 is 4.61. The van der Waals surface area contributed by atoms with Crippen molar-refractivity contribution in [1.82, 2.24) is 9.55 Å². The van der Waals surface area contributed by atoms with E-state index in [1.54, 1.807) is 12.1 Å². The van der Waals surface area contributed by atoms with Crippen molar-refractivity contribution in [2.75, 3.05) is 0 Å². The number of hydrogen-bond acceptors (Lipinski definition) is 5. The SMILES string of the molecule is Cc1c(N=C=S)ccc2c1ncn2C(=O)OC(C)(C)C. The Morgan fingerprint density at radius 2 is 2.15 bits per heavy atom. The highest BCUT2D eigenvalue weighted by molar-refractivity contribution is 7.78. The Hall–Kier alpha value is -2.04. The summed E-state index contributed by atoms with van der Waals surface area (Å²) in [5.74, 6) is 0. The third-order valence-corrected chi connectivity index (χ3v) is 2.79. The van der Waals surface area contributed by atoms with E-state index in [1.807, 2.05) is 27.7 Å². The highest BCUT2D eigenvalue weighted by atomic mass is 32.1. The summed E-state index contributed by atoms with van der Waals surface area (Å²) in [5.41, 5.74) is 2.37. The first-order valence-electron chi connectivity index (χ1n) is 6.11. The number of aromatic nitrogens is 2. The van der Waals surface area contributed by atoms with E-state index >= 15 is 0 Å². The van der Waals surface area contributed by atoms with Crippen LogP contribution in [0.2, 0.25) is 0 Å². The van der Waals surface area contributed by atoms with Crippen LogP contribution in [0, 0.1) is 6.92 Å². The van der Waals surface area contributed by atoms with Gasteiger partial charge in [0.25, 0.3) is 0 Å². The number of rotatable bonds is 1. The molecule has 0 amide bonds. The maximum atomic E-state index is 12.1. The quantitative estimate of drug-likeness (QED) is 0.591. The van der Waals surface area contributed by atoms with Crippen molar-refractivity contribution in [1.29, 1.82) is 0 Å². The van der Waals surface area contributed by atoms with Gasteiger partial charge in [-0.25, -0.2) is 14.3 Å². The van der Waals surface area contributed by atoms with Crippen LogP contribution in [0.3, 0.4) is 0 Å². The molecule has 0 N–H and O–H groups in total. The molecule has 2 rings (SSSR count). The van der Waals surface area contributed by atoms with Crippen LogP contribution in [0.25, 0.3) is 11.0 Å². The third kappa shape index (κ3) is 2.76. The van der Waals surface area contributed by atoms with E-state index in [4.69, 9.17) is 4.74 Å². The number of aliphatic imine (C=N–C) groups is 1. The molecule has 2 aromatic rings. The standard InChI is InChI=1S/C14H15N3O2S/c1-9-10(16-8-20)5-6-11-12(9)15-7-17(11)13(18)19-14(2,3)4/h5-7H,1-4H3. The van der Waals surface area contributed by atoms with Gasteiger partial charge in [-0.15, -0.1) is 0 Å². The highest BCUT2D eigenvalue weighted by Crippen LogP contribution is 2.26. The number of imidazole rings is 1. The fourth-order valence-electron chi connectivity index (χ4n) is 1.84. The van der Waals surface area contributed by atoms with Crippen LogP contribution in [-0.2, 0) is 4.74 Å². The van der Waals surface area contributed by atoms with Gasteiger partial charge in [0.1, 0.15) is 11.9 Å². The minimum absolute atomic E-state index is 0.453. The Bertz CT molecular complexity index is 722. The first-order valence-corrected chi connectivity index (χ1v) is 6.52. The van der Waals surface area contributed by atoms with Gasteiger partial charge in [-0.2, -0.15) is 4.99 Å². The smallest absolute Gasteiger partial charge is 0.420 e. The number of thiocarbonyl (C=S) groups is 1. The van der Waals surface area contributed by atoms with Gasteiger partial charge in [0.2, 0.25) is 0 Å². The molecular weight excluding hydrogens is 274 g/mol. The van der Waals surface area contributed by atoms with Gasteiger partial charge in [-0.3, -0.25) is 0 Å². The molecule has 0 atom stereocenters. The topological polar surface area (TPSA) is 56.5 Å². The molecule has 0 saturated carbocycles. The van der Waals surface area contributed by atoms with Crippen LogP contribution in [0.1, 0.15) is 26.3 Å². The lowest BCUT2D eigenvalue weighted by molar-refractivity contribution is 0.0543. The van der Waals surface area contributed by atoms with E-state index in [2.05, 4.69) is 27.4 Å². The Kier molecular flexibility index (Phi) is 3.70. The maximum Gasteiger partial charge on any atom is 0.420 e. The molecule has 0 radical (unpaired) electrons. The number of aryl methyl sites for hydroxylation is 1. The molecule has 0 fully saturated rings. The van der Waals surface area contributed by atoms with Crippen molar-refractivity contribution in [2.24, 2.45) is 4.99 Å². The number of carbonyl (C=O) groups excluding carboxylic acids is 1. The first-order chi connectivity index (χ1) is 9.33. The highest BCUT2D eigenvalue weighted by Gasteiger charge is 2.20. The number of nitrogens with zero attached hydrogens (tertiary/aromatic N) is 3. The summed E-state index contributed by atoms with van der Waals surface area (Å²) in [6.45, 7) is 7.34. The minimum atomic E-state index is -0.551. The normalized spacial score (nSPS) is 11.2. The van der Waals surface area contributed by atoms with E-state index in [-0.39, 0.29) is 0 Å². The zero-order chi connectivity index (χ0) is 14.9. The van der Waals surface area contributed by atoms with Crippen molar-refractivity contribution >= 4 is 40.2 Å². The molecule has 0 aliphatic rings. The molecule has 0 spiro atoms. The van der Waals surface area contributed by atoms with Crippen molar-refractivity contribution < 1.29 is 9.53 Å². The van der Waals surface area contributed by atoms with Gasteiger partial charge in [0.15, 0.2) is 0 Å². The summed E-state index contributed by atoms with van der Waals surface area (Å²) in [4.78, 5) is 20.3. The molecule has 0 saturated heterocycles. The summed E-state index contributed by atoms with van der Waals surface area (Å²) in [5, 5.41) is 2.33. The molecule has 1 heterocycles. The number of ether oxygens (including phenoxy) is 1. The second-order valence-electron chi connectivity index (χ2n) is 5.38. The number of hydrogen-bond donors (Lipinski definition) is 0. The molecule has 1 aromatic carbocycles. The van der Waals surface area contributed by atoms with E-state index in [0.717, 1.165) is 5.56 Å². The first kappa shape index (κ1) is 14.4. The minimum Gasteiger partial charge on any atom is -0.443 e. The molecule has 5 nitrogen and oxygen atoms in total. The van der Waals surface area contributed by atoms with Crippen LogP contribution in [0.4, 0.5) is 10.5 Å². The van der Waals surface area contributed by atoms with E-state index < -0.39 is 11.7 Å². The van der Waals surface area contributed by atoms with Crippen LogP contribution < -0.4 is 0 Å². The van der Waals surface area contributed by atoms with Gasteiger partial charge in [-0.1, -0.05) is 0 Å². The Balaban J connectivity index is 2.51. The van der Waals surface area contributed by atoms with Crippen molar-refractivity contribution in [3.63, 3.8) is 0 Å². The number of carbonyl (C=O) groups is 1. The fourth-order valence-corrected chi connectivity index (χ4v) is 1.94. The molecule has 0 aliphatic heterocycles. The molecule has 6 heteroatoms. The van der Waals surface area contributed by atoms with E-state index in [1.165, 1.54) is 10.9 Å². The van der Waals surface area contributed by atoms with Crippen LogP contribution in [0.15, 0.2) is 23.5 Å². The molecular formula is C14H15N3O2S. The summed E-state index contributed by atoms with van der Waals surface area (Å²) < 4.78 is 6.73. The maximum absolute atomic E-state index is 12.1. The summed E-state index contributed by atoms with van der Waals surface area (Å²) in [6.07, 6.45) is 1.00. The van der Waals surface area contributed by atoms with Gasteiger partial charge >= 0.3 is 6.09 Å². The molecule has 104 valence electrons. The lowest BCUT2D eigenvalue weighted by Crippen LogP contribution is -2.26. The second-order valence-corrected chi connectivity index (χ2v) is 5.56. The van der Waals surface area contributed by atoms with Crippen molar-refractivity contribution in [3.8, 4) is 0 Å². The lowest BCUT2D eigenvalue weighted by atomic mass is 10.1. The third-order valence-electron chi connectivity index (χ3n) is 2.70. The van der Waals surface area contributed by atoms with Gasteiger partial charge < -0.3 is 4.74 Å². The van der Waals surface area contributed by atoms with Crippen LogP contribution >= 0.6 is 12.2 Å². The monoisotopic (exact) mass is 289 g/mol. The predicted molar refractivity (Wildman–Crippen MR) is 80.8 cm³/mol. The zero-order valence-electron chi connectivity index (χ0n) is 11.8. The second kappa shape index (κ2) is 5.15. The average molecular weight is 289 g/mol. The van der Waals surface area contributed by atoms with Crippen molar-refractivity contribution in [2.45, 2.75) is 33.3 Å². The molecule has 1 aromatic heterocycles. The van der Waals surface area contributed by atoms with Crippen LogP contribution in [0.5, 0.6) is 0 Å². The zero-order valence-corrected chi connectivity index (χ0v) is 12.6. The number of isothiocyanates is 1. The lowest BCUT2D eigenvalue weighted by Gasteiger charge is -2.19.